The molecule has 0 aromatic carbocycles. The molecule has 0 saturated heterocycles. The first-order valence-electron chi connectivity index (χ1n) is 7.67. The van der Waals surface area contributed by atoms with Crippen LogP contribution in [0.3, 0.4) is 0 Å². The van der Waals surface area contributed by atoms with E-state index >= 15 is 0 Å². The number of hydrogen-bond acceptors (Lipinski definition) is 0. The molecule has 0 bridgehead atoms. The Morgan fingerprint density at radius 1 is 0.842 bits per heavy atom. The van der Waals surface area contributed by atoms with Gasteiger partial charge in [0.25, 0.3) is 0 Å². The molecule has 1 aromatic rings. The summed E-state index contributed by atoms with van der Waals surface area (Å²) in [6.45, 7) is 2.29. The van der Waals surface area contributed by atoms with Crippen LogP contribution >= 0.6 is 31.9 Å². The van der Waals surface area contributed by atoms with Crippen molar-refractivity contribution in [1.29, 1.82) is 0 Å². The number of halogens is 2. The van der Waals surface area contributed by atoms with Crippen molar-refractivity contribution in [1.82, 2.24) is 0 Å². The van der Waals surface area contributed by atoms with Crippen molar-refractivity contribution in [3.63, 3.8) is 0 Å². The van der Waals surface area contributed by atoms with Gasteiger partial charge in [-0.3, -0.25) is 0 Å². The Morgan fingerprint density at radius 3 is 1.84 bits per heavy atom. The molecule has 0 fully saturated rings. The molecule has 110 valence electrons. The van der Waals surface area contributed by atoms with Crippen molar-refractivity contribution in [2.75, 3.05) is 0 Å². The molecule has 3 heteroatoms. The van der Waals surface area contributed by atoms with Gasteiger partial charge in [0.15, 0.2) is 0 Å². The summed E-state index contributed by atoms with van der Waals surface area (Å²) < 4.78 is 2.97. The average molecular weight is 506 g/mol. The Kier molecular flexibility index (Phi) is 11.4. The average Bonchev–Trinajstić information content (AvgIpc) is 2.70. The van der Waals surface area contributed by atoms with Gasteiger partial charge in [0.05, 0.1) is 0 Å². The molecule has 19 heavy (non-hydrogen) atoms. The molecule has 0 atom stereocenters. The predicted molar refractivity (Wildman–Crippen MR) is 94.3 cm³/mol. The molecule has 0 aliphatic carbocycles. The van der Waals surface area contributed by atoms with Gasteiger partial charge in [-0.1, -0.05) is 13.3 Å². The van der Waals surface area contributed by atoms with Crippen molar-refractivity contribution in [2.24, 2.45) is 0 Å². The van der Waals surface area contributed by atoms with E-state index in [9.17, 15) is 0 Å². The molecule has 0 aliphatic heterocycles. The Labute approximate surface area is 145 Å². The van der Waals surface area contributed by atoms with Gasteiger partial charge >= 0.3 is 133 Å². The summed E-state index contributed by atoms with van der Waals surface area (Å²) in [6, 6.07) is 2.35. The van der Waals surface area contributed by atoms with E-state index in [1.807, 2.05) is 0 Å². The first-order valence-corrected chi connectivity index (χ1v) is 11.6. The Hall–Kier alpha value is 1.23. The van der Waals surface area contributed by atoms with E-state index in [-0.39, 0.29) is 20.4 Å². The van der Waals surface area contributed by atoms with E-state index in [1.54, 1.807) is 5.56 Å². The minimum absolute atomic E-state index is 0.0626. The second-order valence-electron chi connectivity index (χ2n) is 5.28. The van der Waals surface area contributed by atoms with Crippen LogP contribution in [0.5, 0.6) is 0 Å². The summed E-state index contributed by atoms with van der Waals surface area (Å²) in [7, 11) is 0. The van der Waals surface area contributed by atoms with E-state index in [1.165, 1.54) is 75.6 Å². The third-order valence-corrected chi connectivity index (χ3v) is 8.59. The van der Waals surface area contributed by atoms with Crippen LogP contribution in [0.15, 0.2) is 11.0 Å². The van der Waals surface area contributed by atoms with Crippen LogP contribution in [-0.2, 0) is 6.42 Å². The minimum atomic E-state index is -0.0626. The summed E-state index contributed by atoms with van der Waals surface area (Å²) in [5, 5.41) is 0. The molecular weight excluding hydrogens is 480 g/mol. The molecule has 0 N–H and O–H groups in total. The van der Waals surface area contributed by atoms with Crippen LogP contribution in [0.4, 0.5) is 0 Å². The number of hydrogen-bond donors (Lipinski definition) is 0. The van der Waals surface area contributed by atoms with E-state index in [4.69, 9.17) is 0 Å². The second-order valence-corrected chi connectivity index (χ2v) is 13.2. The molecule has 0 radical (unpaired) electrons. The van der Waals surface area contributed by atoms with Crippen LogP contribution in [0.1, 0.15) is 76.7 Å². The van der Waals surface area contributed by atoms with Gasteiger partial charge in [-0.05, 0) is 0 Å². The summed E-state index contributed by atoms with van der Waals surface area (Å²) in [4.78, 5) is 0. The SMILES string of the molecule is CCCCCCCCCCCCc1cc(Br)[te]c1Br. The maximum absolute atomic E-state index is 3.72. The van der Waals surface area contributed by atoms with Gasteiger partial charge in [0.2, 0.25) is 0 Å². The van der Waals surface area contributed by atoms with Gasteiger partial charge in [-0.15, -0.1) is 0 Å². The third-order valence-electron chi connectivity index (χ3n) is 3.53. The van der Waals surface area contributed by atoms with E-state index < -0.39 is 0 Å². The summed E-state index contributed by atoms with van der Waals surface area (Å²) in [6.07, 6.45) is 15.5. The molecule has 0 nitrogen and oxygen atoms in total. The number of aryl methyl sites for hydroxylation is 1. The first-order chi connectivity index (χ1) is 9.24. The van der Waals surface area contributed by atoms with Crippen molar-refractivity contribution < 1.29 is 0 Å². The fourth-order valence-corrected chi connectivity index (χ4v) is 8.55. The van der Waals surface area contributed by atoms with E-state index in [0.717, 1.165) is 0 Å². The molecule has 0 spiro atoms. The zero-order valence-electron chi connectivity index (χ0n) is 12.0. The Morgan fingerprint density at radius 2 is 1.37 bits per heavy atom. The first kappa shape index (κ1) is 18.3. The van der Waals surface area contributed by atoms with Crippen LogP contribution in [0, 0.1) is 0 Å². The van der Waals surface area contributed by atoms with Gasteiger partial charge in [-0.2, -0.15) is 0 Å². The number of rotatable bonds is 11. The van der Waals surface area contributed by atoms with Crippen molar-refractivity contribution >= 4 is 52.3 Å². The molecule has 0 amide bonds. The van der Waals surface area contributed by atoms with Crippen LogP contribution < -0.4 is 0 Å². The van der Waals surface area contributed by atoms with Gasteiger partial charge in [0, 0.05) is 0 Å². The quantitative estimate of drug-likeness (QED) is 0.231. The normalized spacial score (nSPS) is 11.1. The molecule has 0 unspecified atom stereocenters. The predicted octanol–water partition coefficient (Wildman–Crippen LogP) is 6.73. The fraction of sp³-hybridized carbons (Fsp3) is 0.750. The van der Waals surface area contributed by atoms with Crippen molar-refractivity contribution in [3.8, 4) is 0 Å². The zero-order valence-corrected chi connectivity index (χ0v) is 17.5. The van der Waals surface area contributed by atoms with Crippen molar-refractivity contribution in [2.45, 2.75) is 77.6 Å². The molecule has 1 rings (SSSR count). The monoisotopic (exact) mass is 506 g/mol. The molecule has 0 aliphatic rings. The maximum atomic E-state index is 3.72. The number of unbranched alkanes of at least 4 members (excludes halogenated alkanes) is 9. The molecular formula is C16H26Br2Te. The summed E-state index contributed by atoms with van der Waals surface area (Å²) in [5.74, 6) is 0. The molecule has 1 heterocycles. The van der Waals surface area contributed by atoms with Gasteiger partial charge < -0.3 is 0 Å². The topological polar surface area (TPSA) is 0 Å². The van der Waals surface area contributed by atoms with Crippen LogP contribution in [0.25, 0.3) is 0 Å². The van der Waals surface area contributed by atoms with E-state index in [2.05, 4.69) is 44.8 Å². The Bertz CT molecular complexity index is 333. The van der Waals surface area contributed by atoms with Crippen molar-refractivity contribution in [3.05, 3.63) is 16.6 Å². The van der Waals surface area contributed by atoms with E-state index in [0.29, 0.717) is 0 Å². The zero-order chi connectivity index (χ0) is 13.9. The molecule has 0 saturated carbocycles. The third kappa shape index (κ3) is 8.97. The second kappa shape index (κ2) is 11.8. The van der Waals surface area contributed by atoms with Crippen LogP contribution in [0.2, 0.25) is 0 Å². The summed E-state index contributed by atoms with van der Waals surface area (Å²) in [5.41, 5.74) is 1.56. The summed E-state index contributed by atoms with van der Waals surface area (Å²) >= 11 is 7.30. The van der Waals surface area contributed by atoms with Gasteiger partial charge in [0.1, 0.15) is 0 Å². The Balaban J connectivity index is 1.90. The standard InChI is InChI=1S/C16H26Br2Te/c1-2-3-4-5-6-7-8-9-10-11-12-14-13-15(17)19-16(14)18/h13H,2-12H2,1H3. The van der Waals surface area contributed by atoms with Gasteiger partial charge in [-0.25, -0.2) is 0 Å². The fourth-order valence-electron chi connectivity index (χ4n) is 2.35. The molecule has 1 aromatic heterocycles. The van der Waals surface area contributed by atoms with Crippen LogP contribution in [-0.4, -0.2) is 20.4 Å².